The van der Waals surface area contributed by atoms with Crippen molar-refractivity contribution in [3.63, 3.8) is 0 Å². The Bertz CT molecular complexity index is 906. The molecule has 0 aliphatic rings. The lowest BCUT2D eigenvalue weighted by molar-refractivity contribution is 0.102. The highest BCUT2D eigenvalue weighted by Gasteiger charge is 2.13. The summed E-state index contributed by atoms with van der Waals surface area (Å²) < 4.78 is 5.42. The van der Waals surface area contributed by atoms with Gasteiger partial charge in [0.15, 0.2) is 0 Å². The number of hydrogen-bond acceptors (Lipinski definition) is 3. The van der Waals surface area contributed by atoms with Crippen LogP contribution in [0, 0.1) is 19.3 Å². The number of nitrogens with one attached hydrogen (secondary N) is 2. The van der Waals surface area contributed by atoms with E-state index in [0.29, 0.717) is 5.58 Å². The molecule has 1 heterocycles. The number of aryl methyl sites for hydroxylation is 2. The van der Waals surface area contributed by atoms with Crippen LogP contribution in [-0.4, -0.2) is 5.91 Å². The summed E-state index contributed by atoms with van der Waals surface area (Å²) in [6.07, 6.45) is 0. The van der Waals surface area contributed by atoms with Gasteiger partial charge in [-0.05, 0) is 37.1 Å². The molecule has 0 fully saturated rings. The summed E-state index contributed by atoms with van der Waals surface area (Å²) in [5.74, 6) is -0.336. The molecule has 0 aliphatic heterocycles. The van der Waals surface area contributed by atoms with Gasteiger partial charge in [0.2, 0.25) is 5.55 Å². The Morgan fingerprint density at radius 2 is 1.73 bits per heavy atom. The van der Waals surface area contributed by atoms with Gasteiger partial charge in [0.1, 0.15) is 11.1 Å². The molecule has 1 amide bonds. The average molecular weight is 292 g/mol. The minimum Gasteiger partial charge on any atom is -0.438 e. The molecule has 0 unspecified atom stereocenters. The molecule has 0 radical (unpaired) electrons. The molecule has 0 aliphatic carbocycles. The summed E-state index contributed by atoms with van der Waals surface area (Å²) in [5, 5.41) is 11.6. The van der Waals surface area contributed by atoms with Crippen LogP contribution in [0.5, 0.6) is 0 Å². The quantitative estimate of drug-likeness (QED) is 0.754. The monoisotopic (exact) mass is 292 g/mol. The molecule has 4 heteroatoms. The zero-order valence-electron chi connectivity index (χ0n) is 12.4. The van der Waals surface area contributed by atoms with Gasteiger partial charge in [0.05, 0.1) is 0 Å². The highest BCUT2D eigenvalue weighted by molar-refractivity contribution is 6.06. The molecular formula is C18H16N2O2. The van der Waals surface area contributed by atoms with Crippen LogP contribution >= 0.6 is 0 Å². The lowest BCUT2D eigenvalue weighted by atomic mass is 10.1. The van der Waals surface area contributed by atoms with E-state index >= 15 is 0 Å². The zero-order chi connectivity index (χ0) is 15.7. The summed E-state index contributed by atoms with van der Waals surface area (Å²) in [6, 6.07) is 14.8. The Balaban J connectivity index is 2.02. The minimum absolute atomic E-state index is 0.137. The molecule has 0 atom stereocenters. The summed E-state index contributed by atoms with van der Waals surface area (Å²) in [6.45, 7) is 3.88. The average Bonchev–Trinajstić information content (AvgIpc) is 2.50. The molecule has 2 N–H and O–H groups in total. The molecule has 0 saturated heterocycles. The van der Waals surface area contributed by atoms with E-state index in [-0.39, 0.29) is 17.0 Å². The third kappa shape index (κ3) is 2.51. The molecule has 22 heavy (non-hydrogen) atoms. The van der Waals surface area contributed by atoms with Crippen molar-refractivity contribution in [2.75, 3.05) is 5.32 Å². The summed E-state index contributed by atoms with van der Waals surface area (Å²) >= 11 is 0. The fraction of sp³-hybridized carbons (Fsp3) is 0.111. The molecule has 3 rings (SSSR count). The second-order valence-electron chi connectivity index (χ2n) is 5.25. The van der Waals surface area contributed by atoms with Gasteiger partial charge in [0, 0.05) is 11.1 Å². The van der Waals surface area contributed by atoms with Crippen molar-refractivity contribution in [1.29, 1.82) is 5.41 Å². The van der Waals surface area contributed by atoms with E-state index < -0.39 is 0 Å². The first-order valence-electron chi connectivity index (χ1n) is 7.01. The smallest absolute Gasteiger partial charge is 0.261 e. The molecule has 3 aromatic rings. The first-order chi connectivity index (χ1) is 10.6. The molecule has 2 aromatic carbocycles. The maximum Gasteiger partial charge on any atom is 0.261 e. The number of fused-ring (bicyclic) bond motifs is 1. The normalized spacial score (nSPS) is 10.6. The van der Waals surface area contributed by atoms with Crippen molar-refractivity contribution in [1.82, 2.24) is 0 Å². The van der Waals surface area contributed by atoms with Gasteiger partial charge in [-0.1, -0.05) is 36.4 Å². The fourth-order valence-electron chi connectivity index (χ4n) is 2.44. The van der Waals surface area contributed by atoms with Crippen molar-refractivity contribution in [3.8, 4) is 0 Å². The molecule has 0 bridgehead atoms. The van der Waals surface area contributed by atoms with Crippen LogP contribution in [0.15, 0.2) is 52.9 Å². The van der Waals surface area contributed by atoms with Crippen molar-refractivity contribution >= 4 is 22.6 Å². The van der Waals surface area contributed by atoms with E-state index in [4.69, 9.17) is 9.83 Å². The van der Waals surface area contributed by atoms with Crippen LogP contribution in [0.2, 0.25) is 0 Å². The molecule has 1 aromatic heterocycles. The number of para-hydroxylation sites is 2. The van der Waals surface area contributed by atoms with Gasteiger partial charge in [0.25, 0.3) is 5.91 Å². The predicted molar refractivity (Wildman–Crippen MR) is 85.9 cm³/mol. The Labute approximate surface area is 127 Å². The lowest BCUT2D eigenvalue weighted by Gasteiger charge is -2.11. The van der Waals surface area contributed by atoms with Gasteiger partial charge in [-0.2, -0.15) is 0 Å². The number of anilines is 1. The van der Waals surface area contributed by atoms with Crippen molar-refractivity contribution in [2.45, 2.75) is 13.8 Å². The molecule has 110 valence electrons. The zero-order valence-corrected chi connectivity index (χ0v) is 12.4. The largest absolute Gasteiger partial charge is 0.438 e. The van der Waals surface area contributed by atoms with Gasteiger partial charge in [-0.25, -0.2) is 0 Å². The molecule has 0 saturated carbocycles. The lowest BCUT2D eigenvalue weighted by Crippen LogP contribution is -2.21. The van der Waals surface area contributed by atoms with E-state index in [0.717, 1.165) is 22.2 Å². The topological polar surface area (TPSA) is 66.1 Å². The van der Waals surface area contributed by atoms with Crippen LogP contribution in [0.25, 0.3) is 11.0 Å². The first kappa shape index (κ1) is 14.1. The van der Waals surface area contributed by atoms with Crippen LogP contribution in [0.4, 0.5) is 5.69 Å². The van der Waals surface area contributed by atoms with Crippen molar-refractivity contribution in [3.05, 3.63) is 70.8 Å². The number of hydrogen-bond donors (Lipinski definition) is 2. The first-order valence-corrected chi connectivity index (χ1v) is 7.01. The number of rotatable bonds is 2. The van der Waals surface area contributed by atoms with Crippen LogP contribution < -0.4 is 10.9 Å². The Morgan fingerprint density at radius 1 is 1.05 bits per heavy atom. The SMILES string of the molecule is Cc1cccc(C)c1NC(=O)c1cc2ccccc2oc1=N. The highest BCUT2D eigenvalue weighted by atomic mass is 16.3. The second-order valence-corrected chi connectivity index (χ2v) is 5.25. The van der Waals surface area contributed by atoms with Gasteiger partial charge in [-0.3, -0.25) is 10.2 Å². The Kier molecular flexibility index (Phi) is 3.51. The highest BCUT2D eigenvalue weighted by Crippen LogP contribution is 2.20. The third-order valence-corrected chi connectivity index (χ3v) is 3.64. The van der Waals surface area contributed by atoms with E-state index in [2.05, 4.69) is 5.32 Å². The summed E-state index contributed by atoms with van der Waals surface area (Å²) in [5.41, 5.74) is 3.43. The summed E-state index contributed by atoms with van der Waals surface area (Å²) in [7, 11) is 0. The Hall–Kier alpha value is -2.88. The maximum absolute atomic E-state index is 12.5. The van der Waals surface area contributed by atoms with Crippen LogP contribution in [-0.2, 0) is 0 Å². The second kappa shape index (κ2) is 5.48. The van der Waals surface area contributed by atoms with Gasteiger partial charge in [-0.15, -0.1) is 0 Å². The third-order valence-electron chi connectivity index (χ3n) is 3.64. The molecule has 4 nitrogen and oxygen atoms in total. The van der Waals surface area contributed by atoms with Gasteiger partial charge < -0.3 is 9.73 Å². The number of amides is 1. The summed E-state index contributed by atoms with van der Waals surface area (Å²) in [4.78, 5) is 12.5. The molecule has 0 spiro atoms. The van der Waals surface area contributed by atoms with Crippen LogP contribution in [0.1, 0.15) is 21.5 Å². The number of carbonyl (C=O) groups excluding carboxylic acids is 1. The van der Waals surface area contributed by atoms with Crippen LogP contribution in [0.3, 0.4) is 0 Å². The number of benzene rings is 2. The maximum atomic E-state index is 12.5. The fourth-order valence-corrected chi connectivity index (χ4v) is 2.44. The van der Waals surface area contributed by atoms with E-state index in [1.807, 2.05) is 50.2 Å². The van der Waals surface area contributed by atoms with E-state index in [1.165, 1.54) is 0 Å². The van der Waals surface area contributed by atoms with E-state index in [9.17, 15) is 4.79 Å². The van der Waals surface area contributed by atoms with E-state index in [1.54, 1.807) is 12.1 Å². The number of carbonyl (C=O) groups is 1. The van der Waals surface area contributed by atoms with Crippen molar-refractivity contribution in [2.24, 2.45) is 0 Å². The van der Waals surface area contributed by atoms with Gasteiger partial charge >= 0.3 is 0 Å². The molecular weight excluding hydrogens is 276 g/mol. The predicted octanol–water partition coefficient (Wildman–Crippen LogP) is 3.78. The van der Waals surface area contributed by atoms with Crippen molar-refractivity contribution < 1.29 is 9.21 Å². The Morgan fingerprint density at radius 3 is 2.45 bits per heavy atom. The standard InChI is InChI=1S/C18H16N2O2/c1-11-6-5-7-12(2)16(11)20-18(21)14-10-13-8-3-4-9-15(13)22-17(14)19/h3-10,19H,1-2H3,(H,20,21). The minimum atomic E-state index is -0.336.